The zero-order chi connectivity index (χ0) is 19.5. The van der Waals surface area contributed by atoms with Crippen molar-refractivity contribution in [1.82, 2.24) is 9.97 Å². The zero-order valence-corrected chi connectivity index (χ0v) is 16.7. The van der Waals surface area contributed by atoms with Crippen LogP contribution in [0.2, 0.25) is 0 Å². The zero-order valence-electron chi connectivity index (χ0n) is 15.9. The van der Waals surface area contributed by atoms with E-state index in [4.69, 9.17) is 4.74 Å². The van der Waals surface area contributed by atoms with Gasteiger partial charge in [0, 0.05) is 31.0 Å². The van der Waals surface area contributed by atoms with Gasteiger partial charge in [0.1, 0.15) is 23.5 Å². The fourth-order valence-corrected chi connectivity index (χ4v) is 4.46. The third kappa shape index (κ3) is 3.15. The van der Waals surface area contributed by atoms with Gasteiger partial charge in [-0.05, 0) is 37.5 Å². The molecule has 28 heavy (non-hydrogen) atoms. The van der Waals surface area contributed by atoms with Crippen LogP contribution in [0.15, 0.2) is 35.6 Å². The van der Waals surface area contributed by atoms with Crippen LogP contribution in [0.3, 0.4) is 0 Å². The summed E-state index contributed by atoms with van der Waals surface area (Å²) in [6.45, 7) is 3.69. The molecule has 0 radical (unpaired) electrons. The van der Waals surface area contributed by atoms with Crippen molar-refractivity contribution in [3.63, 3.8) is 0 Å². The van der Waals surface area contributed by atoms with E-state index in [1.165, 1.54) is 12.6 Å². The van der Waals surface area contributed by atoms with Gasteiger partial charge in [-0.25, -0.2) is 18.4 Å². The molecular formula is C20H22N4O3S. The average Bonchev–Trinajstić information content (AvgIpc) is 3.16. The van der Waals surface area contributed by atoms with Crippen LogP contribution < -0.4 is 9.64 Å². The van der Waals surface area contributed by atoms with Gasteiger partial charge in [-0.1, -0.05) is 6.07 Å². The lowest BCUT2D eigenvalue weighted by Crippen LogP contribution is -2.54. The van der Waals surface area contributed by atoms with E-state index in [1.54, 1.807) is 0 Å². The number of aliphatic imine (C=N–C) groups is 1. The van der Waals surface area contributed by atoms with E-state index in [-0.39, 0.29) is 10.9 Å². The molecule has 0 amide bonds. The van der Waals surface area contributed by atoms with Crippen molar-refractivity contribution in [2.75, 3.05) is 24.2 Å². The van der Waals surface area contributed by atoms with Gasteiger partial charge in [-0.15, -0.1) is 0 Å². The molecule has 0 atom stereocenters. The first-order chi connectivity index (χ1) is 13.3. The molecule has 0 spiro atoms. The van der Waals surface area contributed by atoms with Crippen LogP contribution in [0.25, 0.3) is 0 Å². The highest BCUT2D eigenvalue weighted by molar-refractivity contribution is 7.91. The first kappa shape index (κ1) is 17.6. The lowest BCUT2D eigenvalue weighted by molar-refractivity contribution is 0.200. The van der Waals surface area contributed by atoms with Crippen LogP contribution in [0.4, 0.5) is 5.82 Å². The fraction of sp³-hybridized carbons (Fsp3) is 0.450. The standard InChI is InChI=1S/C20H22N4O3S/c1-20(5-6-20)27-14-4-3-13-9-21-19(16(13)7-14)17-8-18(23-12-22-17)24-10-15(11-24)28(2,25)26/h3-4,7-8,12,15H,5-6,9-11H2,1-2H3. The number of fused-ring (bicyclic) bond motifs is 1. The highest BCUT2D eigenvalue weighted by atomic mass is 32.2. The van der Waals surface area contributed by atoms with E-state index in [1.807, 2.05) is 17.0 Å². The van der Waals surface area contributed by atoms with Gasteiger partial charge in [0.05, 0.1) is 23.2 Å². The number of nitrogens with zero attached hydrogens (tertiary/aromatic N) is 4. The fourth-order valence-electron chi connectivity index (χ4n) is 3.55. The number of benzene rings is 1. The van der Waals surface area contributed by atoms with Crippen LogP contribution >= 0.6 is 0 Å². The molecule has 1 aromatic carbocycles. The lowest BCUT2D eigenvalue weighted by Gasteiger charge is -2.38. The number of rotatable bonds is 5. The molecule has 1 aliphatic carbocycles. The number of ether oxygens (including phenoxy) is 1. The molecule has 146 valence electrons. The van der Waals surface area contributed by atoms with Crippen LogP contribution in [0.1, 0.15) is 36.6 Å². The van der Waals surface area contributed by atoms with Crippen LogP contribution in [0.5, 0.6) is 5.75 Å². The monoisotopic (exact) mass is 398 g/mol. The molecule has 7 nitrogen and oxygen atoms in total. The summed E-state index contributed by atoms with van der Waals surface area (Å²) in [7, 11) is -3.01. The number of hydrogen-bond acceptors (Lipinski definition) is 7. The summed E-state index contributed by atoms with van der Waals surface area (Å²) < 4.78 is 29.4. The van der Waals surface area contributed by atoms with E-state index in [0.29, 0.717) is 19.6 Å². The number of hydrogen-bond donors (Lipinski definition) is 0. The van der Waals surface area contributed by atoms with Gasteiger partial charge in [-0.2, -0.15) is 0 Å². The molecule has 2 aliphatic heterocycles. The number of anilines is 1. The summed E-state index contributed by atoms with van der Waals surface area (Å²) in [5.74, 6) is 1.60. The molecule has 3 heterocycles. The first-order valence-corrected chi connectivity index (χ1v) is 11.4. The molecule has 1 saturated heterocycles. The third-order valence-electron chi connectivity index (χ3n) is 5.74. The van der Waals surface area contributed by atoms with Gasteiger partial charge in [0.15, 0.2) is 9.84 Å². The molecule has 0 bridgehead atoms. The topological polar surface area (TPSA) is 84.8 Å². The van der Waals surface area contributed by atoms with Crippen molar-refractivity contribution in [3.05, 3.63) is 47.4 Å². The highest BCUT2D eigenvalue weighted by Gasteiger charge is 2.40. The normalized spacial score (nSPS) is 20.4. The van der Waals surface area contributed by atoms with Crippen LogP contribution in [-0.2, 0) is 16.4 Å². The van der Waals surface area contributed by atoms with E-state index < -0.39 is 9.84 Å². The van der Waals surface area contributed by atoms with Gasteiger partial charge >= 0.3 is 0 Å². The molecule has 0 N–H and O–H groups in total. The maximum atomic E-state index is 11.6. The summed E-state index contributed by atoms with van der Waals surface area (Å²) in [4.78, 5) is 15.4. The molecule has 0 unspecified atom stereocenters. The third-order valence-corrected chi connectivity index (χ3v) is 7.24. The molecule has 2 aromatic rings. The van der Waals surface area contributed by atoms with Crippen molar-refractivity contribution in [3.8, 4) is 5.75 Å². The Kier molecular flexibility index (Phi) is 3.78. The molecule has 1 saturated carbocycles. The number of aromatic nitrogens is 2. The van der Waals surface area contributed by atoms with Gasteiger partial charge in [0.25, 0.3) is 0 Å². The second-order valence-electron chi connectivity index (χ2n) is 8.15. The van der Waals surface area contributed by atoms with E-state index in [2.05, 4.69) is 34.0 Å². The Morgan fingerprint density at radius 3 is 2.68 bits per heavy atom. The minimum absolute atomic E-state index is 0.0279. The number of sulfone groups is 1. The summed E-state index contributed by atoms with van der Waals surface area (Å²) in [6.07, 6.45) is 4.98. The summed E-state index contributed by atoms with van der Waals surface area (Å²) in [5.41, 5.74) is 3.76. The minimum atomic E-state index is -3.01. The SMILES string of the molecule is CC1(Oc2ccc3c(c2)C(c2cc(N4CC(S(C)(=O)=O)C4)ncn2)=NC3)CC1. The maximum Gasteiger partial charge on any atom is 0.153 e. The maximum absolute atomic E-state index is 11.6. The van der Waals surface area contributed by atoms with Gasteiger partial charge < -0.3 is 9.64 Å². The predicted octanol–water partition coefficient (Wildman–Crippen LogP) is 1.99. The smallest absolute Gasteiger partial charge is 0.153 e. The average molecular weight is 398 g/mol. The summed E-state index contributed by atoms with van der Waals surface area (Å²) in [5, 5.41) is -0.320. The second-order valence-corrected chi connectivity index (χ2v) is 10.5. The van der Waals surface area contributed by atoms with E-state index in [9.17, 15) is 8.42 Å². The lowest BCUT2D eigenvalue weighted by atomic mass is 10.0. The Morgan fingerprint density at radius 1 is 1.18 bits per heavy atom. The Labute approximate surface area is 164 Å². The Hall–Kier alpha value is -2.48. The Balaban J connectivity index is 1.39. The quantitative estimate of drug-likeness (QED) is 0.766. The van der Waals surface area contributed by atoms with E-state index >= 15 is 0 Å². The van der Waals surface area contributed by atoms with Crippen LogP contribution in [-0.4, -0.2) is 54.3 Å². The predicted molar refractivity (Wildman–Crippen MR) is 107 cm³/mol. The van der Waals surface area contributed by atoms with Crippen molar-refractivity contribution in [2.45, 2.75) is 37.2 Å². The van der Waals surface area contributed by atoms with E-state index in [0.717, 1.165) is 46.9 Å². The molecule has 1 aromatic heterocycles. The van der Waals surface area contributed by atoms with Crippen molar-refractivity contribution in [2.24, 2.45) is 4.99 Å². The minimum Gasteiger partial charge on any atom is -0.488 e. The summed E-state index contributed by atoms with van der Waals surface area (Å²) in [6, 6.07) is 8.02. The molecule has 5 rings (SSSR count). The van der Waals surface area contributed by atoms with Gasteiger partial charge in [-0.3, -0.25) is 4.99 Å². The highest BCUT2D eigenvalue weighted by Crippen LogP contribution is 2.40. The van der Waals surface area contributed by atoms with Crippen molar-refractivity contribution >= 4 is 21.4 Å². The molecular weight excluding hydrogens is 376 g/mol. The Bertz CT molecular complexity index is 1090. The largest absolute Gasteiger partial charge is 0.488 e. The molecule has 3 aliphatic rings. The molecule has 2 fully saturated rings. The molecule has 8 heteroatoms. The van der Waals surface area contributed by atoms with Crippen LogP contribution in [0, 0.1) is 0 Å². The second kappa shape index (κ2) is 6.01. The van der Waals surface area contributed by atoms with Crippen molar-refractivity contribution in [1.29, 1.82) is 0 Å². The van der Waals surface area contributed by atoms with Crippen molar-refractivity contribution < 1.29 is 13.2 Å². The summed E-state index contributed by atoms with van der Waals surface area (Å²) >= 11 is 0. The first-order valence-electron chi connectivity index (χ1n) is 9.44. The Morgan fingerprint density at radius 2 is 1.96 bits per heavy atom. The van der Waals surface area contributed by atoms with Gasteiger partial charge in [0.2, 0.25) is 0 Å².